The van der Waals surface area contributed by atoms with Gasteiger partial charge in [0.2, 0.25) is 11.8 Å². The minimum atomic E-state index is -0.484. The molecule has 1 atom stereocenters. The third-order valence-electron chi connectivity index (χ3n) is 5.39. The monoisotopic (exact) mass is 408 g/mol. The van der Waals surface area contributed by atoms with Gasteiger partial charge in [-0.25, -0.2) is 0 Å². The Morgan fingerprint density at radius 2 is 1.47 bits per heavy atom. The molecule has 1 unspecified atom stereocenters. The molecule has 2 rings (SSSR count). The second-order valence-electron chi connectivity index (χ2n) is 8.31. The van der Waals surface area contributed by atoms with Gasteiger partial charge >= 0.3 is 0 Å². The second kappa shape index (κ2) is 12.2. The van der Waals surface area contributed by atoms with Crippen molar-refractivity contribution in [2.75, 3.05) is 13.1 Å². The van der Waals surface area contributed by atoms with E-state index in [1.165, 1.54) is 11.1 Å². The van der Waals surface area contributed by atoms with Gasteiger partial charge in [-0.05, 0) is 48.8 Å². The molecular formula is C26H36N2O2. The molecule has 2 aromatic rings. The van der Waals surface area contributed by atoms with Crippen LogP contribution in [0.25, 0.3) is 0 Å². The molecule has 0 fully saturated rings. The van der Waals surface area contributed by atoms with E-state index in [1.54, 1.807) is 4.90 Å². The zero-order valence-electron chi connectivity index (χ0n) is 18.9. The van der Waals surface area contributed by atoms with Crippen LogP contribution in [0.1, 0.15) is 50.8 Å². The summed E-state index contributed by atoms with van der Waals surface area (Å²) in [6.45, 7) is 9.24. The maximum absolute atomic E-state index is 13.1. The minimum absolute atomic E-state index is 0.0256. The van der Waals surface area contributed by atoms with Gasteiger partial charge in [0.15, 0.2) is 0 Å². The number of aryl methyl sites for hydroxylation is 2. The summed E-state index contributed by atoms with van der Waals surface area (Å²) in [6.07, 6.45) is 2.84. The molecule has 1 N–H and O–H groups in total. The van der Waals surface area contributed by atoms with Gasteiger partial charge in [0, 0.05) is 19.5 Å². The summed E-state index contributed by atoms with van der Waals surface area (Å²) >= 11 is 0. The standard InChI is InChI=1S/C26H36N2O2/c1-5-22-11-13-24(14-12-22)15-16-25(29)28(18-17-23-9-7-6-8-10-23)21(4)26(30)27-19-20(2)3/h6-14,20-21H,5,15-19H2,1-4H3,(H,27,30). The Labute approximate surface area is 181 Å². The lowest BCUT2D eigenvalue weighted by molar-refractivity contribution is -0.139. The number of rotatable bonds is 11. The van der Waals surface area contributed by atoms with E-state index in [0.29, 0.717) is 31.8 Å². The molecular weight excluding hydrogens is 372 g/mol. The summed E-state index contributed by atoms with van der Waals surface area (Å²) in [5.41, 5.74) is 3.62. The molecule has 2 amide bonds. The molecule has 4 heteroatoms. The molecule has 162 valence electrons. The molecule has 2 aromatic carbocycles. The topological polar surface area (TPSA) is 49.4 Å². The Balaban J connectivity index is 2.03. The van der Waals surface area contributed by atoms with E-state index in [-0.39, 0.29) is 11.8 Å². The van der Waals surface area contributed by atoms with Gasteiger partial charge in [0.05, 0.1) is 0 Å². The van der Waals surface area contributed by atoms with Gasteiger partial charge in [0.1, 0.15) is 6.04 Å². The number of nitrogens with zero attached hydrogens (tertiary/aromatic N) is 1. The average Bonchev–Trinajstić information content (AvgIpc) is 2.77. The molecule has 0 aliphatic rings. The smallest absolute Gasteiger partial charge is 0.242 e. The predicted molar refractivity (Wildman–Crippen MR) is 123 cm³/mol. The van der Waals surface area contributed by atoms with E-state index in [0.717, 1.165) is 18.4 Å². The molecule has 0 heterocycles. The van der Waals surface area contributed by atoms with Gasteiger partial charge in [-0.3, -0.25) is 9.59 Å². The Bertz CT molecular complexity index is 784. The minimum Gasteiger partial charge on any atom is -0.354 e. The maximum atomic E-state index is 13.1. The van der Waals surface area contributed by atoms with Gasteiger partial charge in [-0.15, -0.1) is 0 Å². The van der Waals surface area contributed by atoms with Crippen molar-refractivity contribution in [2.45, 2.75) is 59.4 Å². The quantitative estimate of drug-likeness (QED) is 0.599. The number of nitrogens with one attached hydrogen (secondary N) is 1. The molecule has 0 bridgehead atoms. The van der Waals surface area contributed by atoms with Crippen LogP contribution in [-0.4, -0.2) is 35.8 Å². The van der Waals surface area contributed by atoms with E-state index in [1.807, 2.05) is 25.1 Å². The number of hydrogen-bond acceptors (Lipinski definition) is 2. The van der Waals surface area contributed by atoms with Crippen molar-refractivity contribution in [3.63, 3.8) is 0 Å². The van der Waals surface area contributed by atoms with Crippen LogP contribution in [0.4, 0.5) is 0 Å². The lowest BCUT2D eigenvalue weighted by Gasteiger charge is -2.29. The molecule has 0 aliphatic heterocycles. The molecule has 0 saturated carbocycles. The van der Waals surface area contributed by atoms with E-state index in [4.69, 9.17) is 0 Å². The second-order valence-corrected chi connectivity index (χ2v) is 8.31. The van der Waals surface area contributed by atoms with Crippen LogP contribution >= 0.6 is 0 Å². The fourth-order valence-electron chi connectivity index (χ4n) is 3.36. The van der Waals surface area contributed by atoms with Crippen molar-refractivity contribution in [2.24, 2.45) is 5.92 Å². The average molecular weight is 409 g/mol. The van der Waals surface area contributed by atoms with Crippen LogP contribution in [0.15, 0.2) is 54.6 Å². The number of amides is 2. The van der Waals surface area contributed by atoms with Crippen molar-refractivity contribution in [1.29, 1.82) is 0 Å². The highest BCUT2D eigenvalue weighted by Gasteiger charge is 2.25. The maximum Gasteiger partial charge on any atom is 0.242 e. The van der Waals surface area contributed by atoms with Gasteiger partial charge in [-0.2, -0.15) is 0 Å². The third kappa shape index (κ3) is 7.66. The highest BCUT2D eigenvalue weighted by molar-refractivity contribution is 5.87. The van der Waals surface area contributed by atoms with Gasteiger partial charge in [0.25, 0.3) is 0 Å². The first-order valence-corrected chi connectivity index (χ1v) is 11.1. The summed E-state index contributed by atoms with van der Waals surface area (Å²) in [7, 11) is 0. The van der Waals surface area contributed by atoms with Crippen LogP contribution in [0.2, 0.25) is 0 Å². The van der Waals surface area contributed by atoms with Crippen molar-refractivity contribution < 1.29 is 9.59 Å². The Hall–Kier alpha value is -2.62. The summed E-state index contributed by atoms with van der Waals surface area (Å²) in [4.78, 5) is 27.5. The first kappa shape index (κ1) is 23.7. The van der Waals surface area contributed by atoms with Crippen molar-refractivity contribution >= 4 is 11.8 Å². The summed E-state index contributed by atoms with van der Waals surface area (Å²) < 4.78 is 0. The third-order valence-corrected chi connectivity index (χ3v) is 5.39. The fourth-order valence-corrected chi connectivity index (χ4v) is 3.36. The molecule has 0 saturated heterocycles. The Morgan fingerprint density at radius 1 is 0.867 bits per heavy atom. The SMILES string of the molecule is CCc1ccc(CCC(=O)N(CCc2ccccc2)C(C)C(=O)NCC(C)C)cc1. The van der Waals surface area contributed by atoms with Crippen molar-refractivity contribution in [3.05, 3.63) is 71.3 Å². The predicted octanol–water partition coefficient (Wildman–Crippen LogP) is 4.41. The fraction of sp³-hybridized carbons (Fsp3) is 0.462. The zero-order chi connectivity index (χ0) is 21.9. The van der Waals surface area contributed by atoms with E-state index >= 15 is 0 Å². The molecule has 4 nitrogen and oxygen atoms in total. The number of hydrogen-bond donors (Lipinski definition) is 1. The molecule has 0 aromatic heterocycles. The highest BCUT2D eigenvalue weighted by Crippen LogP contribution is 2.12. The van der Waals surface area contributed by atoms with Gasteiger partial charge < -0.3 is 10.2 Å². The van der Waals surface area contributed by atoms with Crippen molar-refractivity contribution in [3.8, 4) is 0 Å². The van der Waals surface area contributed by atoms with Gasteiger partial charge in [-0.1, -0.05) is 75.4 Å². The highest BCUT2D eigenvalue weighted by atomic mass is 16.2. The zero-order valence-corrected chi connectivity index (χ0v) is 18.9. The summed E-state index contributed by atoms with van der Waals surface area (Å²) in [5.74, 6) is 0.316. The first-order chi connectivity index (χ1) is 14.4. The van der Waals surface area contributed by atoms with E-state index < -0.39 is 6.04 Å². The van der Waals surface area contributed by atoms with Crippen LogP contribution in [0.5, 0.6) is 0 Å². The molecule has 0 radical (unpaired) electrons. The van der Waals surface area contributed by atoms with E-state index in [9.17, 15) is 9.59 Å². The summed E-state index contributed by atoms with van der Waals surface area (Å²) in [5, 5.41) is 2.97. The number of benzene rings is 2. The number of carbonyl (C=O) groups excluding carboxylic acids is 2. The normalized spacial score (nSPS) is 11.9. The Morgan fingerprint density at radius 3 is 2.07 bits per heavy atom. The summed E-state index contributed by atoms with van der Waals surface area (Å²) in [6, 6.07) is 18.0. The number of carbonyl (C=O) groups is 2. The lowest BCUT2D eigenvalue weighted by Crippen LogP contribution is -2.49. The van der Waals surface area contributed by atoms with Crippen molar-refractivity contribution in [1.82, 2.24) is 10.2 Å². The van der Waals surface area contributed by atoms with Crippen LogP contribution in [-0.2, 0) is 28.9 Å². The molecule has 0 aliphatic carbocycles. The molecule has 30 heavy (non-hydrogen) atoms. The first-order valence-electron chi connectivity index (χ1n) is 11.1. The lowest BCUT2D eigenvalue weighted by atomic mass is 10.0. The van der Waals surface area contributed by atoms with Crippen LogP contribution < -0.4 is 5.32 Å². The Kier molecular flexibility index (Phi) is 9.59. The molecule has 0 spiro atoms. The largest absolute Gasteiger partial charge is 0.354 e. The van der Waals surface area contributed by atoms with Crippen LogP contribution in [0, 0.1) is 5.92 Å². The van der Waals surface area contributed by atoms with Crippen LogP contribution in [0.3, 0.4) is 0 Å². The van der Waals surface area contributed by atoms with E-state index in [2.05, 4.69) is 62.5 Å².